The van der Waals surface area contributed by atoms with Crippen molar-refractivity contribution in [2.75, 3.05) is 7.11 Å². The lowest BCUT2D eigenvalue weighted by atomic mass is 10.1. The average Bonchev–Trinajstić information content (AvgIpc) is 1.87. The van der Waals surface area contributed by atoms with Crippen molar-refractivity contribution in [3.05, 3.63) is 12.7 Å². The Morgan fingerprint density at radius 3 is 2.78 bits per heavy atom. The van der Waals surface area contributed by atoms with Crippen LogP contribution in [0, 0.1) is 5.92 Å². The van der Waals surface area contributed by atoms with Crippen molar-refractivity contribution in [3.63, 3.8) is 0 Å². The van der Waals surface area contributed by atoms with Crippen LogP contribution in [0.2, 0.25) is 0 Å². The molecular formula is C7H12O2. The van der Waals surface area contributed by atoms with Crippen molar-refractivity contribution < 1.29 is 9.53 Å². The summed E-state index contributed by atoms with van der Waals surface area (Å²) in [6.45, 7) is 5.32. The minimum absolute atomic E-state index is 0.0486. The van der Waals surface area contributed by atoms with Gasteiger partial charge in [0.15, 0.2) is 0 Å². The van der Waals surface area contributed by atoms with Crippen molar-refractivity contribution in [2.45, 2.75) is 13.3 Å². The highest BCUT2D eigenvalue weighted by Crippen LogP contribution is 2.02. The lowest BCUT2D eigenvalue weighted by Gasteiger charge is -2.03. The fourth-order valence-electron chi connectivity index (χ4n) is 0.547. The summed E-state index contributed by atoms with van der Waals surface area (Å²) >= 11 is 0. The van der Waals surface area contributed by atoms with E-state index in [2.05, 4.69) is 11.3 Å². The van der Waals surface area contributed by atoms with Gasteiger partial charge in [-0.1, -0.05) is 13.0 Å². The van der Waals surface area contributed by atoms with E-state index >= 15 is 0 Å². The molecule has 0 aromatic rings. The van der Waals surface area contributed by atoms with Crippen LogP contribution in [0.5, 0.6) is 0 Å². The third kappa shape index (κ3) is 2.90. The second-order valence-electron chi connectivity index (χ2n) is 1.95. The Bertz CT molecular complexity index is 107. The Morgan fingerprint density at radius 1 is 1.89 bits per heavy atom. The van der Waals surface area contributed by atoms with E-state index in [1.165, 1.54) is 7.11 Å². The Balaban J connectivity index is 3.58. The van der Waals surface area contributed by atoms with Gasteiger partial charge < -0.3 is 4.74 Å². The molecule has 0 unspecified atom stereocenters. The zero-order valence-corrected chi connectivity index (χ0v) is 5.89. The van der Waals surface area contributed by atoms with Crippen LogP contribution in [-0.2, 0) is 9.53 Å². The van der Waals surface area contributed by atoms with Gasteiger partial charge in [-0.15, -0.1) is 6.58 Å². The summed E-state index contributed by atoms with van der Waals surface area (Å²) < 4.78 is 4.48. The molecule has 2 nitrogen and oxygen atoms in total. The first-order valence-electron chi connectivity index (χ1n) is 2.91. The molecule has 0 amide bonds. The fourth-order valence-corrected chi connectivity index (χ4v) is 0.547. The summed E-state index contributed by atoms with van der Waals surface area (Å²) in [5, 5.41) is 0. The number of rotatable bonds is 3. The minimum atomic E-state index is -0.171. The molecule has 0 aromatic carbocycles. The van der Waals surface area contributed by atoms with Gasteiger partial charge in [0.1, 0.15) is 0 Å². The van der Waals surface area contributed by atoms with Gasteiger partial charge >= 0.3 is 5.97 Å². The molecule has 0 heterocycles. The van der Waals surface area contributed by atoms with Crippen LogP contribution in [0.3, 0.4) is 0 Å². The predicted octanol–water partition coefficient (Wildman–Crippen LogP) is 1.37. The molecule has 9 heavy (non-hydrogen) atoms. The number of ether oxygens (including phenoxy) is 1. The van der Waals surface area contributed by atoms with Crippen LogP contribution < -0.4 is 0 Å². The fraction of sp³-hybridized carbons (Fsp3) is 0.571. The largest absolute Gasteiger partial charge is 0.469 e. The maximum absolute atomic E-state index is 10.6. The highest BCUT2D eigenvalue weighted by Gasteiger charge is 2.09. The Hall–Kier alpha value is -0.790. The maximum Gasteiger partial charge on any atom is 0.308 e. The van der Waals surface area contributed by atoms with Crippen LogP contribution in [0.25, 0.3) is 0 Å². The van der Waals surface area contributed by atoms with Crippen molar-refractivity contribution in [1.29, 1.82) is 0 Å². The van der Waals surface area contributed by atoms with Crippen molar-refractivity contribution in [3.8, 4) is 0 Å². The zero-order chi connectivity index (χ0) is 7.28. The van der Waals surface area contributed by atoms with Gasteiger partial charge in [0.05, 0.1) is 13.0 Å². The van der Waals surface area contributed by atoms with Gasteiger partial charge in [-0.3, -0.25) is 4.79 Å². The van der Waals surface area contributed by atoms with Gasteiger partial charge in [0, 0.05) is 0 Å². The molecule has 2 heteroatoms. The molecule has 0 bridgehead atoms. The standard InChI is InChI=1S/C7H12O2/c1-4-5-6(2)7(8)9-3/h4,6H,1,5H2,2-3H3/t6-/m0/s1. The van der Waals surface area contributed by atoms with Crippen LogP contribution in [0.4, 0.5) is 0 Å². The van der Waals surface area contributed by atoms with Gasteiger partial charge in [-0.2, -0.15) is 0 Å². The summed E-state index contributed by atoms with van der Waals surface area (Å²) in [4.78, 5) is 10.6. The van der Waals surface area contributed by atoms with Crippen LogP contribution >= 0.6 is 0 Å². The van der Waals surface area contributed by atoms with Gasteiger partial charge in [0.2, 0.25) is 0 Å². The smallest absolute Gasteiger partial charge is 0.308 e. The number of carbonyl (C=O) groups is 1. The Morgan fingerprint density at radius 2 is 2.44 bits per heavy atom. The summed E-state index contributed by atoms with van der Waals surface area (Å²) in [6.07, 6.45) is 2.40. The van der Waals surface area contributed by atoms with Crippen LogP contribution in [0.1, 0.15) is 13.3 Å². The summed E-state index contributed by atoms with van der Waals surface area (Å²) in [5.74, 6) is -0.220. The Labute approximate surface area is 55.5 Å². The number of hydrogen-bond acceptors (Lipinski definition) is 2. The zero-order valence-electron chi connectivity index (χ0n) is 5.89. The van der Waals surface area contributed by atoms with E-state index in [1.54, 1.807) is 6.08 Å². The minimum Gasteiger partial charge on any atom is -0.469 e. The molecule has 0 spiro atoms. The summed E-state index contributed by atoms with van der Waals surface area (Å²) in [6, 6.07) is 0. The Kier molecular flexibility index (Phi) is 3.76. The molecule has 0 aliphatic rings. The highest BCUT2D eigenvalue weighted by molar-refractivity contribution is 5.71. The van der Waals surface area contributed by atoms with E-state index in [1.807, 2.05) is 6.92 Å². The molecule has 0 aromatic heterocycles. The molecule has 0 fully saturated rings. The first-order valence-corrected chi connectivity index (χ1v) is 2.91. The van der Waals surface area contributed by atoms with Crippen molar-refractivity contribution >= 4 is 5.97 Å². The number of methoxy groups -OCH3 is 1. The first-order chi connectivity index (χ1) is 4.22. The van der Waals surface area contributed by atoms with Crippen molar-refractivity contribution in [2.24, 2.45) is 5.92 Å². The third-order valence-corrected chi connectivity index (χ3v) is 1.12. The number of esters is 1. The second kappa shape index (κ2) is 4.13. The van der Waals surface area contributed by atoms with Gasteiger partial charge in [0.25, 0.3) is 0 Å². The number of allylic oxidation sites excluding steroid dienone is 1. The SMILES string of the molecule is C=CC[C@H](C)C(=O)OC. The van der Waals surface area contributed by atoms with E-state index in [0.717, 1.165) is 0 Å². The lowest BCUT2D eigenvalue weighted by Crippen LogP contribution is -2.11. The van der Waals surface area contributed by atoms with E-state index in [9.17, 15) is 4.79 Å². The number of hydrogen-bond donors (Lipinski definition) is 0. The maximum atomic E-state index is 10.6. The molecule has 0 rings (SSSR count). The van der Waals surface area contributed by atoms with Crippen LogP contribution in [0.15, 0.2) is 12.7 Å². The molecule has 52 valence electrons. The van der Waals surface area contributed by atoms with Crippen LogP contribution in [-0.4, -0.2) is 13.1 Å². The van der Waals surface area contributed by atoms with E-state index in [4.69, 9.17) is 0 Å². The van der Waals surface area contributed by atoms with Gasteiger partial charge in [-0.25, -0.2) is 0 Å². The molecule has 0 saturated carbocycles. The normalized spacial score (nSPS) is 12.2. The quantitative estimate of drug-likeness (QED) is 0.424. The first kappa shape index (κ1) is 8.21. The van der Waals surface area contributed by atoms with E-state index < -0.39 is 0 Å². The molecule has 0 aliphatic heterocycles. The summed E-state index contributed by atoms with van der Waals surface area (Å²) in [7, 11) is 1.39. The molecule has 0 aliphatic carbocycles. The lowest BCUT2D eigenvalue weighted by molar-refractivity contribution is -0.144. The highest BCUT2D eigenvalue weighted by atomic mass is 16.5. The third-order valence-electron chi connectivity index (χ3n) is 1.12. The molecular weight excluding hydrogens is 116 g/mol. The topological polar surface area (TPSA) is 26.3 Å². The molecule has 0 saturated heterocycles. The monoisotopic (exact) mass is 128 g/mol. The average molecular weight is 128 g/mol. The van der Waals surface area contributed by atoms with Gasteiger partial charge in [-0.05, 0) is 6.42 Å². The van der Waals surface area contributed by atoms with E-state index in [-0.39, 0.29) is 11.9 Å². The van der Waals surface area contributed by atoms with Crippen molar-refractivity contribution in [1.82, 2.24) is 0 Å². The van der Waals surface area contributed by atoms with E-state index in [0.29, 0.717) is 6.42 Å². The molecule has 0 N–H and O–H groups in total. The molecule has 0 radical (unpaired) electrons. The second-order valence-corrected chi connectivity index (χ2v) is 1.95. The molecule has 1 atom stereocenters. The summed E-state index contributed by atoms with van der Waals surface area (Å²) in [5.41, 5.74) is 0. The predicted molar refractivity (Wildman–Crippen MR) is 36.0 cm³/mol. The number of carbonyl (C=O) groups excluding carboxylic acids is 1.